The Hall–Kier alpha value is -1.21. The number of nitrogens with two attached hydrogens (primary N) is 2. The molecule has 1 fully saturated rings. The third kappa shape index (κ3) is 2.87. The van der Waals surface area contributed by atoms with Crippen LogP contribution in [0.3, 0.4) is 0 Å². The minimum atomic E-state index is -0.390. The van der Waals surface area contributed by atoms with Gasteiger partial charge in [-0.2, -0.15) is 0 Å². The van der Waals surface area contributed by atoms with E-state index in [0.29, 0.717) is 25.6 Å². The lowest BCUT2D eigenvalue weighted by atomic mass is 9.82. The zero-order chi connectivity index (χ0) is 13.7. The van der Waals surface area contributed by atoms with Gasteiger partial charge < -0.3 is 15.2 Å². The third-order valence-corrected chi connectivity index (χ3v) is 3.65. The van der Waals surface area contributed by atoms with Crippen molar-refractivity contribution >= 4 is 5.82 Å². The number of nitrogen functional groups attached to an aromatic ring is 1. The Morgan fingerprint density at radius 2 is 2.26 bits per heavy atom. The minimum Gasteiger partial charge on any atom is -0.383 e. The predicted molar refractivity (Wildman–Crippen MR) is 73.1 cm³/mol. The van der Waals surface area contributed by atoms with Crippen LogP contribution in [-0.4, -0.2) is 30.4 Å². The average Bonchev–Trinajstić information content (AvgIpc) is 2.43. The molecular weight excluding hydrogens is 244 g/mol. The summed E-state index contributed by atoms with van der Waals surface area (Å²) >= 11 is 0. The Balaban J connectivity index is 2.34. The van der Waals surface area contributed by atoms with Crippen molar-refractivity contribution in [1.29, 1.82) is 0 Å². The Morgan fingerprint density at radius 1 is 1.53 bits per heavy atom. The van der Waals surface area contributed by atoms with Crippen LogP contribution in [-0.2, 0) is 9.47 Å². The quantitative estimate of drug-likeness (QED) is 0.538. The van der Waals surface area contributed by atoms with Crippen molar-refractivity contribution in [2.45, 2.75) is 31.4 Å². The molecule has 5 N–H and O–H groups in total. The fourth-order valence-corrected chi connectivity index (χ4v) is 2.72. The molecule has 1 aromatic rings. The van der Waals surface area contributed by atoms with Crippen LogP contribution < -0.4 is 17.0 Å². The third-order valence-electron chi connectivity index (χ3n) is 3.65. The van der Waals surface area contributed by atoms with Crippen LogP contribution in [0.25, 0.3) is 0 Å². The molecule has 1 unspecified atom stereocenters. The van der Waals surface area contributed by atoms with Gasteiger partial charge in [-0.1, -0.05) is 6.07 Å². The van der Waals surface area contributed by atoms with Crippen LogP contribution in [0, 0.1) is 0 Å². The second-order valence-electron chi connectivity index (χ2n) is 4.69. The van der Waals surface area contributed by atoms with Crippen LogP contribution in [0.4, 0.5) is 5.82 Å². The molecule has 19 heavy (non-hydrogen) atoms. The molecule has 0 amide bonds. The van der Waals surface area contributed by atoms with Gasteiger partial charge in [-0.05, 0) is 13.0 Å². The van der Waals surface area contributed by atoms with E-state index in [1.54, 1.807) is 6.20 Å². The van der Waals surface area contributed by atoms with Crippen LogP contribution in [0.1, 0.15) is 31.4 Å². The van der Waals surface area contributed by atoms with Crippen molar-refractivity contribution < 1.29 is 9.47 Å². The highest BCUT2D eigenvalue weighted by atomic mass is 16.5. The van der Waals surface area contributed by atoms with Gasteiger partial charge in [-0.25, -0.2) is 10.4 Å². The molecule has 1 atom stereocenters. The fourth-order valence-electron chi connectivity index (χ4n) is 2.72. The lowest BCUT2D eigenvalue weighted by molar-refractivity contribution is -0.128. The molecule has 1 aromatic heterocycles. The molecule has 0 aliphatic carbocycles. The fraction of sp³-hybridized carbons (Fsp3) is 0.615. The van der Waals surface area contributed by atoms with Gasteiger partial charge >= 0.3 is 0 Å². The van der Waals surface area contributed by atoms with Crippen molar-refractivity contribution in [3.63, 3.8) is 0 Å². The van der Waals surface area contributed by atoms with Gasteiger partial charge in [0.2, 0.25) is 0 Å². The van der Waals surface area contributed by atoms with E-state index in [2.05, 4.69) is 10.4 Å². The highest BCUT2D eigenvalue weighted by Gasteiger charge is 2.42. The molecule has 2 heterocycles. The summed E-state index contributed by atoms with van der Waals surface area (Å²) in [5.41, 5.74) is 9.30. The molecule has 6 heteroatoms. The Bertz CT molecular complexity index is 402. The predicted octanol–water partition coefficient (Wildman–Crippen LogP) is 0.754. The summed E-state index contributed by atoms with van der Waals surface area (Å²) in [5.74, 6) is 6.25. The van der Waals surface area contributed by atoms with Gasteiger partial charge in [0.05, 0.1) is 11.6 Å². The van der Waals surface area contributed by atoms with E-state index in [1.165, 1.54) is 0 Å². The summed E-state index contributed by atoms with van der Waals surface area (Å²) in [5, 5.41) is 0. The Labute approximate surface area is 113 Å². The van der Waals surface area contributed by atoms with Crippen molar-refractivity contribution in [2.24, 2.45) is 5.84 Å². The van der Waals surface area contributed by atoms with Crippen LogP contribution >= 0.6 is 0 Å². The normalized spacial score (nSPS) is 20.1. The van der Waals surface area contributed by atoms with Crippen molar-refractivity contribution in [2.75, 3.05) is 25.6 Å². The number of rotatable bonds is 5. The molecule has 1 aliphatic heterocycles. The van der Waals surface area contributed by atoms with E-state index < -0.39 is 0 Å². The summed E-state index contributed by atoms with van der Waals surface area (Å²) in [4.78, 5) is 4.13. The van der Waals surface area contributed by atoms with E-state index in [0.717, 1.165) is 18.4 Å². The molecule has 0 saturated carbocycles. The molecule has 0 spiro atoms. The number of ether oxygens (including phenoxy) is 2. The zero-order valence-corrected chi connectivity index (χ0v) is 11.3. The molecule has 0 radical (unpaired) electrons. The number of nitrogens with one attached hydrogen (secondary N) is 1. The molecular formula is C13H22N4O2. The second-order valence-corrected chi connectivity index (χ2v) is 4.69. The number of hydrogen-bond acceptors (Lipinski definition) is 6. The monoisotopic (exact) mass is 266 g/mol. The first-order valence-corrected chi connectivity index (χ1v) is 6.61. The minimum absolute atomic E-state index is 0.190. The smallest absolute Gasteiger partial charge is 0.128 e. The van der Waals surface area contributed by atoms with Gasteiger partial charge in [0.25, 0.3) is 0 Å². The van der Waals surface area contributed by atoms with Crippen molar-refractivity contribution in [1.82, 2.24) is 10.4 Å². The van der Waals surface area contributed by atoms with E-state index in [4.69, 9.17) is 21.1 Å². The second kappa shape index (κ2) is 6.29. The number of anilines is 1. The number of nitrogens with zero attached hydrogens (tertiary/aromatic N) is 1. The number of pyridine rings is 1. The number of hydrogen-bond donors (Lipinski definition) is 3. The summed E-state index contributed by atoms with van der Waals surface area (Å²) in [6.45, 7) is 3.94. The van der Waals surface area contributed by atoms with E-state index in [9.17, 15) is 0 Å². The van der Waals surface area contributed by atoms with Gasteiger partial charge in [0.1, 0.15) is 5.82 Å². The highest BCUT2D eigenvalue weighted by Crippen LogP contribution is 2.38. The maximum Gasteiger partial charge on any atom is 0.128 e. The molecule has 1 saturated heterocycles. The first kappa shape index (κ1) is 14.2. The molecule has 1 aliphatic rings. The van der Waals surface area contributed by atoms with Gasteiger partial charge in [0, 0.05) is 44.4 Å². The Morgan fingerprint density at radius 3 is 2.84 bits per heavy atom. The molecule has 0 bridgehead atoms. The van der Waals surface area contributed by atoms with Gasteiger partial charge in [0.15, 0.2) is 0 Å². The summed E-state index contributed by atoms with van der Waals surface area (Å²) in [6, 6.07) is 3.60. The molecule has 6 nitrogen and oxygen atoms in total. The summed E-state index contributed by atoms with van der Waals surface area (Å²) in [6.07, 6.45) is 3.23. The lowest BCUT2D eigenvalue weighted by Crippen LogP contribution is -2.52. The van der Waals surface area contributed by atoms with E-state index >= 15 is 0 Å². The molecule has 106 valence electrons. The van der Waals surface area contributed by atoms with Gasteiger partial charge in [-0.15, -0.1) is 0 Å². The topological polar surface area (TPSA) is 95.4 Å². The highest BCUT2D eigenvalue weighted by molar-refractivity contribution is 5.42. The standard InChI is InChI=1S/C13H22N4O2/c1-2-19-13(5-8-18-9-6-13)11(17-15)10-4-3-7-16-12(10)14/h3-4,7,11,17H,2,5-6,8-9,15H2,1H3,(H2,14,16). The Kier molecular flexibility index (Phi) is 4.71. The summed E-state index contributed by atoms with van der Waals surface area (Å²) < 4.78 is 11.5. The zero-order valence-electron chi connectivity index (χ0n) is 11.3. The van der Waals surface area contributed by atoms with Crippen molar-refractivity contribution in [3.05, 3.63) is 23.9 Å². The number of hydrazine groups is 1. The first-order chi connectivity index (χ1) is 9.23. The van der Waals surface area contributed by atoms with Crippen LogP contribution in [0.15, 0.2) is 18.3 Å². The molecule has 0 aromatic carbocycles. The molecule has 2 rings (SSSR count). The number of aromatic nitrogens is 1. The summed E-state index contributed by atoms with van der Waals surface area (Å²) in [7, 11) is 0. The maximum absolute atomic E-state index is 6.03. The van der Waals surface area contributed by atoms with Crippen LogP contribution in [0.2, 0.25) is 0 Å². The maximum atomic E-state index is 6.03. The first-order valence-electron chi connectivity index (χ1n) is 6.61. The van der Waals surface area contributed by atoms with E-state index in [1.807, 2.05) is 19.1 Å². The SMILES string of the molecule is CCOC1(C(NN)c2cccnc2N)CCOCC1. The van der Waals surface area contributed by atoms with E-state index in [-0.39, 0.29) is 11.6 Å². The average molecular weight is 266 g/mol. The van der Waals surface area contributed by atoms with Crippen molar-refractivity contribution in [3.8, 4) is 0 Å². The van der Waals surface area contributed by atoms with Gasteiger partial charge in [-0.3, -0.25) is 5.84 Å². The van der Waals surface area contributed by atoms with Crippen LogP contribution in [0.5, 0.6) is 0 Å². The lowest BCUT2D eigenvalue weighted by Gasteiger charge is -2.43. The largest absolute Gasteiger partial charge is 0.383 e.